The summed E-state index contributed by atoms with van der Waals surface area (Å²) >= 11 is 0. The number of halogens is 1. The third kappa shape index (κ3) is 3.42. The number of hydrogen-bond donors (Lipinski definition) is 1. The molecule has 0 spiro atoms. The van der Waals surface area contributed by atoms with Gasteiger partial charge in [-0.3, -0.25) is 9.59 Å². The number of carbonyl (C=O) groups is 2. The highest BCUT2D eigenvalue weighted by atomic mass is 19.1. The van der Waals surface area contributed by atoms with Gasteiger partial charge in [0.2, 0.25) is 11.8 Å². The molecule has 0 radical (unpaired) electrons. The Hall–Kier alpha value is -1.21. The zero-order valence-corrected chi connectivity index (χ0v) is 10.8. The zero-order chi connectivity index (χ0) is 13.9. The minimum Gasteiger partial charge on any atom is -0.393 e. The summed E-state index contributed by atoms with van der Waals surface area (Å²) in [6.45, 7) is 0.569. The molecular formula is C12H19FN2O4. The first-order chi connectivity index (χ1) is 9.04. The van der Waals surface area contributed by atoms with Crippen LogP contribution in [0.25, 0.3) is 0 Å². The third-order valence-corrected chi connectivity index (χ3v) is 3.57. The first-order valence-corrected chi connectivity index (χ1v) is 6.47. The highest BCUT2D eigenvalue weighted by Crippen LogP contribution is 2.24. The van der Waals surface area contributed by atoms with Crippen molar-refractivity contribution >= 4 is 11.8 Å². The van der Waals surface area contributed by atoms with Crippen molar-refractivity contribution in [2.24, 2.45) is 0 Å². The maximum absolute atomic E-state index is 14.0. The first-order valence-electron chi connectivity index (χ1n) is 6.47. The number of rotatable bonds is 3. The molecule has 2 aliphatic heterocycles. The summed E-state index contributed by atoms with van der Waals surface area (Å²) in [5.41, 5.74) is -1.71. The van der Waals surface area contributed by atoms with E-state index in [4.69, 9.17) is 9.84 Å². The molecule has 2 fully saturated rings. The van der Waals surface area contributed by atoms with Gasteiger partial charge in [-0.1, -0.05) is 0 Å². The van der Waals surface area contributed by atoms with Crippen LogP contribution in [0.3, 0.4) is 0 Å². The second-order valence-electron chi connectivity index (χ2n) is 5.10. The van der Waals surface area contributed by atoms with Crippen molar-refractivity contribution in [3.8, 4) is 0 Å². The van der Waals surface area contributed by atoms with Gasteiger partial charge < -0.3 is 19.6 Å². The van der Waals surface area contributed by atoms with E-state index in [1.54, 1.807) is 0 Å². The van der Waals surface area contributed by atoms with Gasteiger partial charge in [0.25, 0.3) is 0 Å². The molecule has 0 aliphatic carbocycles. The number of aliphatic hydroxyl groups is 1. The number of carbonyl (C=O) groups excluding carboxylic acids is 2. The molecule has 7 heteroatoms. The van der Waals surface area contributed by atoms with Gasteiger partial charge >= 0.3 is 0 Å². The van der Waals surface area contributed by atoms with Crippen LogP contribution in [-0.2, 0) is 14.3 Å². The predicted octanol–water partition coefficient (Wildman–Crippen LogP) is -0.832. The molecule has 0 aromatic heterocycles. The molecule has 0 aromatic rings. The van der Waals surface area contributed by atoms with E-state index in [2.05, 4.69) is 0 Å². The smallest absolute Gasteiger partial charge is 0.249 e. The van der Waals surface area contributed by atoms with Crippen LogP contribution in [0.4, 0.5) is 4.39 Å². The van der Waals surface area contributed by atoms with Crippen LogP contribution in [0, 0.1) is 0 Å². The summed E-state index contributed by atoms with van der Waals surface area (Å²) in [6.07, 6.45) is 0.795. The Balaban J connectivity index is 1.90. The zero-order valence-electron chi connectivity index (χ0n) is 10.8. The topological polar surface area (TPSA) is 70.1 Å². The maximum atomic E-state index is 14.0. The Bertz CT molecular complexity index is 366. The lowest BCUT2D eigenvalue weighted by atomic mass is 9.95. The molecule has 19 heavy (non-hydrogen) atoms. The lowest BCUT2D eigenvalue weighted by molar-refractivity contribution is -0.150. The van der Waals surface area contributed by atoms with Gasteiger partial charge in [0.1, 0.15) is 6.61 Å². The van der Waals surface area contributed by atoms with Crippen molar-refractivity contribution in [1.29, 1.82) is 0 Å². The van der Waals surface area contributed by atoms with Crippen LogP contribution in [0.5, 0.6) is 0 Å². The lowest BCUT2D eigenvalue weighted by Gasteiger charge is -2.37. The fourth-order valence-corrected chi connectivity index (χ4v) is 2.41. The fourth-order valence-electron chi connectivity index (χ4n) is 2.41. The Morgan fingerprint density at radius 1 is 1.47 bits per heavy atom. The van der Waals surface area contributed by atoms with Gasteiger partial charge in [-0.25, -0.2) is 4.39 Å². The number of amides is 2. The van der Waals surface area contributed by atoms with Crippen LogP contribution in [0.1, 0.15) is 12.8 Å². The van der Waals surface area contributed by atoms with Crippen molar-refractivity contribution in [1.82, 2.24) is 9.80 Å². The SMILES string of the molecule is O=C1COCCN1CC(=O)N1CCCC(F)(CO)C1. The van der Waals surface area contributed by atoms with E-state index in [0.29, 0.717) is 26.1 Å². The first kappa shape index (κ1) is 14.2. The standard InChI is InChI=1S/C12H19FN2O4/c13-12(9-16)2-1-3-15(8-12)10(17)6-14-4-5-19-7-11(14)18/h16H,1-9H2. The minimum absolute atomic E-state index is 0.00301. The molecule has 2 amide bonds. The van der Waals surface area contributed by atoms with Gasteiger partial charge in [-0.15, -0.1) is 0 Å². The average molecular weight is 274 g/mol. The number of aliphatic hydroxyl groups excluding tert-OH is 1. The number of nitrogens with zero attached hydrogens (tertiary/aromatic N) is 2. The van der Waals surface area contributed by atoms with Crippen molar-refractivity contribution in [2.45, 2.75) is 18.5 Å². The van der Waals surface area contributed by atoms with Crippen molar-refractivity contribution in [3.05, 3.63) is 0 Å². The van der Waals surface area contributed by atoms with Crippen molar-refractivity contribution in [2.75, 3.05) is 46.0 Å². The second-order valence-corrected chi connectivity index (χ2v) is 5.10. The van der Waals surface area contributed by atoms with Gasteiger partial charge in [-0.05, 0) is 12.8 Å². The number of likely N-dealkylation sites (tertiary alicyclic amines) is 1. The number of ether oxygens (including phenoxy) is 1. The fraction of sp³-hybridized carbons (Fsp3) is 0.833. The Morgan fingerprint density at radius 3 is 2.95 bits per heavy atom. The molecule has 0 aromatic carbocycles. The molecule has 2 aliphatic rings. The summed E-state index contributed by atoms with van der Waals surface area (Å²) in [7, 11) is 0. The van der Waals surface area contributed by atoms with Gasteiger partial charge in [0, 0.05) is 13.1 Å². The summed E-state index contributed by atoms with van der Waals surface area (Å²) < 4.78 is 19.0. The van der Waals surface area contributed by atoms with Crippen molar-refractivity contribution in [3.63, 3.8) is 0 Å². The van der Waals surface area contributed by atoms with E-state index in [9.17, 15) is 14.0 Å². The number of piperidine rings is 1. The molecule has 1 unspecified atom stereocenters. The van der Waals surface area contributed by atoms with Crippen molar-refractivity contribution < 1.29 is 23.8 Å². The summed E-state index contributed by atoms with van der Waals surface area (Å²) in [6, 6.07) is 0. The molecular weight excluding hydrogens is 255 g/mol. The van der Waals surface area contributed by atoms with E-state index >= 15 is 0 Å². The summed E-state index contributed by atoms with van der Waals surface area (Å²) in [5.74, 6) is -0.490. The molecule has 2 saturated heterocycles. The van der Waals surface area contributed by atoms with Gasteiger partial charge in [-0.2, -0.15) is 0 Å². The lowest BCUT2D eigenvalue weighted by Crippen LogP contribution is -2.53. The molecule has 0 saturated carbocycles. The predicted molar refractivity (Wildman–Crippen MR) is 64.1 cm³/mol. The van der Waals surface area contributed by atoms with E-state index in [-0.39, 0.29) is 37.9 Å². The van der Waals surface area contributed by atoms with Crippen LogP contribution in [0.2, 0.25) is 0 Å². The number of morpholine rings is 1. The Labute approximate surface area is 111 Å². The molecule has 1 N–H and O–H groups in total. The molecule has 6 nitrogen and oxygen atoms in total. The quantitative estimate of drug-likeness (QED) is 0.729. The largest absolute Gasteiger partial charge is 0.393 e. The van der Waals surface area contributed by atoms with Crippen LogP contribution in [0.15, 0.2) is 0 Å². The van der Waals surface area contributed by atoms with E-state index in [1.807, 2.05) is 0 Å². The number of hydrogen-bond acceptors (Lipinski definition) is 4. The third-order valence-electron chi connectivity index (χ3n) is 3.57. The maximum Gasteiger partial charge on any atom is 0.249 e. The summed E-state index contributed by atoms with van der Waals surface area (Å²) in [4.78, 5) is 26.4. The molecule has 2 rings (SSSR count). The summed E-state index contributed by atoms with van der Waals surface area (Å²) in [5, 5.41) is 9.02. The average Bonchev–Trinajstić information content (AvgIpc) is 2.41. The Kier molecular flexibility index (Phi) is 4.36. The molecule has 1 atom stereocenters. The van der Waals surface area contributed by atoms with E-state index in [0.717, 1.165) is 0 Å². The van der Waals surface area contributed by atoms with Crippen LogP contribution < -0.4 is 0 Å². The Morgan fingerprint density at radius 2 is 2.26 bits per heavy atom. The minimum atomic E-state index is -1.71. The molecule has 2 heterocycles. The highest BCUT2D eigenvalue weighted by molar-refractivity contribution is 5.85. The van der Waals surface area contributed by atoms with Crippen LogP contribution in [-0.4, -0.2) is 78.4 Å². The van der Waals surface area contributed by atoms with Gasteiger partial charge in [0.15, 0.2) is 5.67 Å². The highest BCUT2D eigenvalue weighted by Gasteiger charge is 2.37. The monoisotopic (exact) mass is 274 g/mol. The van der Waals surface area contributed by atoms with Gasteiger partial charge in [0.05, 0.1) is 26.3 Å². The molecule has 0 bridgehead atoms. The van der Waals surface area contributed by atoms with Crippen LogP contribution >= 0.6 is 0 Å². The molecule has 108 valence electrons. The van der Waals surface area contributed by atoms with E-state index in [1.165, 1.54) is 9.80 Å². The van der Waals surface area contributed by atoms with E-state index < -0.39 is 12.3 Å². The normalized spacial score (nSPS) is 28.6. The second kappa shape index (κ2) is 5.83. The number of alkyl halides is 1.